The highest BCUT2D eigenvalue weighted by molar-refractivity contribution is 9.10. The number of nitrogens with one attached hydrogen (secondary N) is 1. The van der Waals surface area contributed by atoms with E-state index in [9.17, 15) is 4.79 Å². The predicted octanol–water partition coefficient (Wildman–Crippen LogP) is 5.23. The lowest BCUT2D eigenvalue weighted by Gasteiger charge is -2.16. The molecule has 2 aromatic carbocycles. The van der Waals surface area contributed by atoms with Crippen LogP contribution < -0.4 is 5.32 Å². The molecule has 0 heterocycles. The minimum atomic E-state index is -0.165. The maximum absolute atomic E-state index is 12.4. The number of rotatable bonds is 4. The molecule has 2 aromatic rings. The summed E-state index contributed by atoms with van der Waals surface area (Å²) in [4.78, 5) is 12.4. The average molecular weight is 353 g/mol. The van der Waals surface area contributed by atoms with E-state index in [0.29, 0.717) is 10.7 Å². The monoisotopic (exact) mass is 351 g/mol. The second kappa shape index (κ2) is 6.91. The van der Waals surface area contributed by atoms with Gasteiger partial charge in [-0.1, -0.05) is 48.9 Å². The number of benzene rings is 2. The number of carbonyl (C=O) groups is 1. The molecule has 104 valence electrons. The lowest BCUT2D eigenvalue weighted by atomic mass is 9.95. The summed E-state index contributed by atoms with van der Waals surface area (Å²) >= 11 is 9.37. The number of anilines is 1. The minimum Gasteiger partial charge on any atom is -0.324 e. The largest absolute Gasteiger partial charge is 0.324 e. The van der Waals surface area contributed by atoms with Gasteiger partial charge < -0.3 is 5.32 Å². The van der Waals surface area contributed by atoms with E-state index in [0.717, 1.165) is 16.5 Å². The summed E-state index contributed by atoms with van der Waals surface area (Å²) in [5, 5.41) is 3.52. The van der Waals surface area contributed by atoms with E-state index in [1.807, 2.05) is 43.3 Å². The molecule has 0 spiro atoms. The lowest BCUT2D eigenvalue weighted by molar-refractivity contribution is -0.117. The van der Waals surface area contributed by atoms with Gasteiger partial charge in [0.15, 0.2) is 0 Å². The van der Waals surface area contributed by atoms with Gasteiger partial charge in [-0.3, -0.25) is 4.79 Å². The van der Waals surface area contributed by atoms with Gasteiger partial charge in [0.2, 0.25) is 5.91 Å². The van der Waals surface area contributed by atoms with Crippen molar-refractivity contribution in [1.82, 2.24) is 0 Å². The van der Waals surface area contributed by atoms with Crippen molar-refractivity contribution in [2.75, 3.05) is 5.32 Å². The first-order valence-electron chi connectivity index (χ1n) is 6.42. The highest BCUT2D eigenvalue weighted by atomic mass is 79.9. The second-order valence-corrected chi connectivity index (χ2v) is 5.78. The topological polar surface area (TPSA) is 29.1 Å². The summed E-state index contributed by atoms with van der Waals surface area (Å²) in [6.45, 7) is 2.00. The molecule has 1 unspecified atom stereocenters. The molecule has 1 amide bonds. The van der Waals surface area contributed by atoms with Gasteiger partial charge in [-0.15, -0.1) is 0 Å². The Hall–Kier alpha value is -1.32. The van der Waals surface area contributed by atoms with E-state index in [4.69, 9.17) is 11.6 Å². The summed E-state index contributed by atoms with van der Waals surface area (Å²) < 4.78 is 0.818. The molecule has 0 saturated heterocycles. The van der Waals surface area contributed by atoms with Crippen LogP contribution in [0.25, 0.3) is 0 Å². The molecule has 0 aromatic heterocycles. The van der Waals surface area contributed by atoms with Crippen LogP contribution in [-0.4, -0.2) is 5.91 Å². The van der Waals surface area contributed by atoms with Gasteiger partial charge in [-0.2, -0.15) is 0 Å². The maximum atomic E-state index is 12.4. The van der Waals surface area contributed by atoms with Crippen LogP contribution in [-0.2, 0) is 4.79 Å². The van der Waals surface area contributed by atoms with Crippen molar-refractivity contribution in [3.63, 3.8) is 0 Å². The van der Waals surface area contributed by atoms with Crippen molar-refractivity contribution in [2.45, 2.75) is 19.3 Å². The van der Waals surface area contributed by atoms with E-state index in [1.54, 1.807) is 12.1 Å². The smallest absolute Gasteiger partial charge is 0.231 e. The molecule has 2 rings (SSSR count). The van der Waals surface area contributed by atoms with Crippen molar-refractivity contribution in [2.24, 2.45) is 0 Å². The summed E-state index contributed by atoms with van der Waals surface area (Å²) in [7, 11) is 0. The predicted molar refractivity (Wildman–Crippen MR) is 87.3 cm³/mol. The number of halogens is 2. The van der Waals surface area contributed by atoms with Crippen LogP contribution in [0, 0.1) is 0 Å². The number of carbonyl (C=O) groups excluding carboxylic acids is 1. The Labute approximate surface area is 132 Å². The first kappa shape index (κ1) is 15.1. The first-order chi connectivity index (χ1) is 9.61. The molecular formula is C16H15BrClNO. The van der Waals surface area contributed by atoms with Crippen LogP contribution in [0.3, 0.4) is 0 Å². The van der Waals surface area contributed by atoms with Crippen molar-refractivity contribution in [1.29, 1.82) is 0 Å². The summed E-state index contributed by atoms with van der Waals surface area (Å²) in [6, 6.07) is 15.1. The Balaban J connectivity index is 2.20. The SMILES string of the molecule is CCC(C(=O)Nc1cc(Cl)ccc1Br)c1ccccc1. The molecule has 1 atom stereocenters. The van der Waals surface area contributed by atoms with E-state index in [2.05, 4.69) is 21.2 Å². The fourth-order valence-electron chi connectivity index (χ4n) is 2.07. The van der Waals surface area contributed by atoms with E-state index >= 15 is 0 Å². The molecule has 0 bridgehead atoms. The maximum Gasteiger partial charge on any atom is 0.231 e. The Bertz CT molecular complexity index is 601. The zero-order chi connectivity index (χ0) is 14.5. The Morgan fingerprint density at radius 1 is 1.25 bits per heavy atom. The van der Waals surface area contributed by atoms with Gasteiger partial charge in [0.1, 0.15) is 0 Å². The second-order valence-electron chi connectivity index (χ2n) is 4.48. The van der Waals surface area contributed by atoms with E-state index < -0.39 is 0 Å². The molecule has 0 fully saturated rings. The van der Waals surface area contributed by atoms with Gasteiger partial charge >= 0.3 is 0 Å². The highest BCUT2D eigenvalue weighted by Gasteiger charge is 2.19. The molecule has 2 nitrogen and oxygen atoms in total. The number of hydrogen-bond donors (Lipinski definition) is 1. The molecule has 1 N–H and O–H groups in total. The average Bonchev–Trinajstić information content (AvgIpc) is 2.45. The summed E-state index contributed by atoms with van der Waals surface area (Å²) in [5.41, 5.74) is 1.71. The minimum absolute atomic E-state index is 0.0262. The van der Waals surface area contributed by atoms with Gasteiger partial charge in [0.05, 0.1) is 11.6 Å². The fourth-order valence-corrected chi connectivity index (χ4v) is 2.59. The van der Waals surface area contributed by atoms with Gasteiger partial charge in [-0.05, 0) is 46.1 Å². The summed E-state index contributed by atoms with van der Waals surface area (Å²) in [6.07, 6.45) is 0.744. The molecule has 0 aliphatic rings. The van der Waals surface area contributed by atoms with Crippen molar-refractivity contribution < 1.29 is 4.79 Å². The van der Waals surface area contributed by atoms with Gasteiger partial charge in [-0.25, -0.2) is 0 Å². The van der Waals surface area contributed by atoms with Gasteiger partial charge in [0, 0.05) is 9.50 Å². The third-order valence-corrected chi connectivity index (χ3v) is 4.04. The first-order valence-corrected chi connectivity index (χ1v) is 7.59. The lowest BCUT2D eigenvalue weighted by Crippen LogP contribution is -2.20. The summed E-state index contributed by atoms with van der Waals surface area (Å²) in [5.74, 6) is -0.191. The van der Waals surface area contributed by atoms with E-state index in [-0.39, 0.29) is 11.8 Å². The molecule has 0 saturated carbocycles. The van der Waals surface area contributed by atoms with Crippen molar-refractivity contribution in [3.05, 3.63) is 63.6 Å². The number of amides is 1. The van der Waals surface area contributed by atoms with Crippen LogP contribution in [0.4, 0.5) is 5.69 Å². The Morgan fingerprint density at radius 3 is 2.60 bits per heavy atom. The Morgan fingerprint density at radius 2 is 1.95 bits per heavy atom. The van der Waals surface area contributed by atoms with Crippen molar-refractivity contribution >= 4 is 39.1 Å². The molecule has 4 heteroatoms. The number of hydrogen-bond acceptors (Lipinski definition) is 1. The van der Waals surface area contributed by atoms with Crippen LogP contribution in [0.1, 0.15) is 24.8 Å². The standard InChI is InChI=1S/C16H15BrClNO/c1-2-13(11-6-4-3-5-7-11)16(20)19-15-10-12(18)8-9-14(15)17/h3-10,13H,2H2,1H3,(H,19,20). The third kappa shape index (κ3) is 3.62. The molecule has 0 aliphatic carbocycles. The van der Waals surface area contributed by atoms with Crippen LogP contribution in [0.2, 0.25) is 5.02 Å². The van der Waals surface area contributed by atoms with E-state index in [1.165, 1.54) is 0 Å². The normalized spacial score (nSPS) is 11.9. The van der Waals surface area contributed by atoms with Crippen molar-refractivity contribution in [3.8, 4) is 0 Å². The van der Waals surface area contributed by atoms with Crippen LogP contribution in [0.5, 0.6) is 0 Å². The molecule has 0 aliphatic heterocycles. The fraction of sp³-hybridized carbons (Fsp3) is 0.188. The zero-order valence-corrected chi connectivity index (χ0v) is 13.4. The molecule has 0 radical (unpaired) electrons. The highest BCUT2D eigenvalue weighted by Crippen LogP contribution is 2.28. The third-order valence-electron chi connectivity index (χ3n) is 3.11. The molecule has 20 heavy (non-hydrogen) atoms. The quantitative estimate of drug-likeness (QED) is 0.801. The van der Waals surface area contributed by atoms with Crippen LogP contribution >= 0.6 is 27.5 Å². The molecular weight excluding hydrogens is 338 g/mol. The van der Waals surface area contributed by atoms with Crippen LogP contribution in [0.15, 0.2) is 53.0 Å². The Kier molecular flexibility index (Phi) is 5.21. The van der Waals surface area contributed by atoms with Gasteiger partial charge in [0.25, 0.3) is 0 Å². The zero-order valence-electron chi connectivity index (χ0n) is 11.1.